The minimum Gasteiger partial charge on any atom is -0.497 e. The molecular weight excluding hydrogens is 368 g/mol. The molecule has 6 nitrogen and oxygen atoms in total. The Bertz CT molecular complexity index is 954. The van der Waals surface area contributed by atoms with Gasteiger partial charge in [0, 0.05) is 30.8 Å². The molecule has 0 heterocycles. The number of amides is 1. The van der Waals surface area contributed by atoms with Gasteiger partial charge in [-0.15, -0.1) is 0 Å². The van der Waals surface area contributed by atoms with Crippen molar-refractivity contribution in [3.63, 3.8) is 0 Å². The maximum Gasteiger partial charge on any atom is 0.269 e. The van der Waals surface area contributed by atoms with Crippen molar-refractivity contribution < 1.29 is 14.5 Å². The Balaban J connectivity index is 1.75. The third kappa shape index (κ3) is 5.42. The van der Waals surface area contributed by atoms with Gasteiger partial charge in [0.15, 0.2) is 0 Å². The molecular formula is C23H22N2O4. The van der Waals surface area contributed by atoms with Gasteiger partial charge in [0.25, 0.3) is 11.6 Å². The predicted molar refractivity (Wildman–Crippen MR) is 111 cm³/mol. The van der Waals surface area contributed by atoms with Crippen LogP contribution in [0.25, 0.3) is 0 Å². The number of hydrogen-bond donors (Lipinski definition) is 0. The predicted octanol–water partition coefficient (Wildman–Crippen LogP) is 4.49. The van der Waals surface area contributed by atoms with Gasteiger partial charge in [-0.25, -0.2) is 0 Å². The van der Waals surface area contributed by atoms with Gasteiger partial charge in [-0.05, 0) is 41.8 Å². The van der Waals surface area contributed by atoms with Gasteiger partial charge < -0.3 is 9.64 Å². The molecule has 0 N–H and O–H groups in total. The first kappa shape index (κ1) is 20.1. The first-order chi connectivity index (χ1) is 14.1. The molecule has 0 spiro atoms. The molecule has 0 fully saturated rings. The SMILES string of the molecule is COc1ccc(CN(CCc2ccc([N+](=O)[O-])cc2)C(=O)c2ccccc2)cc1. The van der Waals surface area contributed by atoms with Gasteiger partial charge in [-0.3, -0.25) is 14.9 Å². The highest BCUT2D eigenvalue weighted by Gasteiger charge is 2.16. The fourth-order valence-electron chi connectivity index (χ4n) is 3.02. The summed E-state index contributed by atoms with van der Waals surface area (Å²) in [5.41, 5.74) is 2.63. The second-order valence-corrected chi connectivity index (χ2v) is 6.61. The van der Waals surface area contributed by atoms with E-state index in [1.807, 2.05) is 42.5 Å². The number of rotatable bonds is 8. The zero-order valence-corrected chi connectivity index (χ0v) is 16.2. The van der Waals surface area contributed by atoms with Crippen LogP contribution in [0.3, 0.4) is 0 Å². The first-order valence-corrected chi connectivity index (χ1v) is 9.27. The summed E-state index contributed by atoms with van der Waals surface area (Å²) in [6, 6.07) is 23.2. The molecule has 3 aromatic rings. The molecule has 0 aliphatic carbocycles. The van der Waals surface area contributed by atoms with E-state index < -0.39 is 4.92 Å². The van der Waals surface area contributed by atoms with E-state index in [9.17, 15) is 14.9 Å². The van der Waals surface area contributed by atoms with Gasteiger partial charge in [0.2, 0.25) is 0 Å². The smallest absolute Gasteiger partial charge is 0.269 e. The molecule has 0 radical (unpaired) electrons. The van der Waals surface area contributed by atoms with Crippen LogP contribution in [-0.2, 0) is 13.0 Å². The number of non-ortho nitro benzene ring substituents is 1. The third-order valence-corrected chi connectivity index (χ3v) is 4.66. The normalized spacial score (nSPS) is 10.4. The van der Waals surface area contributed by atoms with Crippen molar-refractivity contribution in [1.82, 2.24) is 4.90 Å². The number of hydrogen-bond acceptors (Lipinski definition) is 4. The molecule has 0 unspecified atom stereocenters. The van der Waals surface area contributed by atoms with Crippen LogP contribution in [0.15, 0.2) is 78.9 Å². The average molecular weight is 390 g/mol. The molecule has 0 bridgehead atoms. The van der Waals surface area contributed by atoms with Crippen LogP contribution in [0, 0.1) is 10.1 Å². The summed E-state index contributed by atoms with van der Waals surface area (Å²) in [6.45, 7) is 0.961. The van der Waals surface area contributed by atoms with Gasteiger partial charge in [-0.2, -0.15) is 0 Å². The molecule has 0 saturated heterocycles. The van der Waals surface area contributed by atoms with Crippen molar-refractivity contribution in [2.45, 2.75) is 13.0 Å². The molecule has 3 rings (SSSR count). The minimum absolute atomic E-state index is 0.0525. The van der Waals surface area contributed by atoms with E-state index in [1.165, 1.54) is 12.1 Å². The highest BCUT2D eigenvalue weighted by atomic mass is 16.6. The number of nitro benzene ring substituents is 1. The van der Waals surface area contributed by atoms with Crippen LogP contribution < -0.4 is 4.74 Å². The molecule has 0 aliphatic rings. The summed E-state index contributed by atoms with van der Waals surface area (Å²) in [6.07, 6.45) is 0.604. The Morgan fingerprint density at radius 2 is 1.55 bits per heavy atom. The van der Waals surface area contributed by atoms with Crippen molar-refractivity contribution in [3.05, 3.63) is 106 Å². The number of methoxy groups -OCH3 is 1. The van der Waals surface area contributed by atoms with Crippen molar-refractivity contribution in [2.75, 3.05) is 13.7 Å². The zero-order valence-electron chi connectivity index (χ0n) is 16.2. The Hall–Kier alpha value is -3.67. The summed E-state index contributed by atoms with van der Waals surface area (Å²) in [4.78, 5) is 25.2. The Morgan fingerprint density at radius 1 is 0.931 bits per heavy atom. The van der Waals surface area contributed by atoms with Gasteiger partial charge >= 0.3 is 0 Å². The molecule has 148 valence electrons. The minimum atomic E-state index is -0.418. The average Bonchev–Trinajstić information content (AvgIpc) is 2.77. The lowest BCUT2D eigenvalue weighted by atomic mass is 10.1. The van der Waals surface area contributed by atoms with Crippen LogP contribution in [0.5, 0.6) is 5.75 Å². The van der Waals surface area contributed by atoms with Gasteiger partial charge in [-0.1, -0.05) is 42.5 Å². The standard InChI is InChI=1S/C23H22N2O4/c1-29-22-13-9-19(10-14-22)17-24(23(26)20-5-3-2-4-6-20)16-15-18-7-11-21(12-8-18)25(27)28/h2-14H,15-17H2,1H3. The van der Waals surface area contributed by atoms with Gasteiger partial charge in [0.1, 0.15) is 5.75 Å². The van der Waals surface area contributed by atoms with E-state index in [4.69, 9.17) is 4.74 Å². The van der Waals surface area contributed by atoms with E-state index in [2.05, 4.69) is 0 Å². The van der Waals surface area contributed by atoms with E-state index in [1.54, 1.807) is 36.3 Å². The number of carbonyl (C=O) groups excluding carboxylic acids is 1. The molecule has 0 aromatic heterocycles. The Kier molecular flexibility index (Phi) is 6.58. The second kappa shape index (κ2) is 9.50. The highest BCUT2D eigenvalue weighted by molar-refractivity contribution is 5.94. The van der Waals surface area contributed by atoms with Crippen molar-refractivity contribution in [2.24, 2.45) is 0 Å². The first-order valence-electron chi connectivity index (χ1n) is 9.27. The van der Waals surface area contributed by atoms with Crippen LogP contribution >= 0.6 is 0 Å². The fraction of sp³-hybridized carbons (Fsp3) is 0.174. The van der Waals surface area contributed by atoms with Crippen LogP contribution in [-0.4, -0.2) is 29.4 Å². The number of carbonyl (C=O) groups is 1. The molecule has 3 aromatic carbocycles. The summed E-state index contributed by atoms with van der Waals surface area (Å²) in [5.74, 6) is 0.712. The summed E-state index contributed by atoms with van der Waals surface area (Å²) >= 11 is 0. The molecule has 0 saturated carbocycles. The lowest BCUT2D eigenvalue weighted by molar-refractivity contribution is -0.384. The van der Waals surface area contributed by atoms with Crippen molar-refractivity contribution >= 4 is 11.6 Å². The zero-order chi connectivity index (χ0) is 20.6. The third-order valence-electron chi connectivity index (χ3n) is 4.66. The van der Waals surface area contributed by atoms with Crippen LogP contribution in [0.4, 0.5) is 5.69 Å². The quantitative estimate of drug-likeness (QED) is 0.420. The second-order valence-electron chi connectivity index (χ2n) is 6.61. The number of nitro groups is 1. The molecule has 0 atom stereocenters. The molecule has 0 aliphatic heterocycles. The van der Waals surface area contributed by atoms with E-state index in [-0.39, 0.29) is 11.6 Å². The Morgan fingerprint density at radius 3 is 2.14 bits per heavy atom. The molecule has 29 heavy (non-hydrogen) atoms. The van der Waals surface area contributed by atoms with E-state index in [0.717, 1.165) is 16.9 Å². The summed E-state index contributed by atoms with van der Waals surface area (Å²) in [5, 5.41) is 10.8. The maximum absolute atomic E-state index is 13.0. The van der Waals surface area contributed by atoms with Gasteiger partial charge in [0.05, 0.1) is 12.0 Å². The monoisotopic (exact) mass is 390 g/mol. The Labute approximate surface area is 169 Å². The molecule has 1 amide bonds. The molecule has 6 heteroatoms. The fourth-order valence-corrected chi connectivity index (χ4v) is 3.02. The number of nitrogens with zero attached hydrogens (tertiary/aromatic N) is 2. The maximum atomic E-state index is 13.0. The number of ether oxygens (including phenoxy) is 1. The number of benzene rings is 3. The lowest BCUT2D eigenvalue weighted by Gasteiger charge is -2.23. The van der Waals surface area contributed by atoms with Crippen LogP contribution in [0.1, 0.15) is 21.5 Å². The van der Waals surface area contributed by atoms with Crippen LogP contribution in [0.2, 0.25) is 0 Å². The topological polar surface area (TPSA) is 72.7 Å². The van der Waals surface area contributed by atoms with E-state index in [0.29, 0.717) is 25.1 Å². The highest BCUT2D eigenvalue weighted by Crippen LogP contribution is 2.17. The lowest BCUT2D eigenvalue weighted by Crippen LogP contribution is -2.32. The largest absolute Gasteiger partial charge is 0.497 e. The summed E-state index contributed by atoms with van der Waals surface area (Å²) in [7, 11) is 1.62. The summed E-state index contributed by atoms with van der Waals surface area (Å²) < 4.78 is 5.19. The van der Waals surface area contributed by atoms with E-state index >= 15 is 0 Å². The van der Waals surface area contributed by atoms with Crippen molar-refractivity contribution in [1.29, 1.82) is 0 Å². The van der Waals surface area contributed by atoms with Crippen molar-refractivity contribution in [3.8, 4) is 5.75 Å².